The SMILES string of the molecule is Cc1ccccc1[C@@H](C)NC1CCS(=O)(=O)CC1. The van der Waals surface area contributed by atoms with Crippen molar-refractivity contribution in [3.8, 4) is 0 Å². The molecule has 0 radical (unpaired) electrons. The average molecular weight is 267 g/mol. The number of sulfone groups is 1. The fraction of sp³-hybridized carbons (Fsp3) is 0.571. The second kappa shape index (κ2) is 5.41. The van der Waals surface area contributed by atoms with Gasteiger partial charge in [0, 0.05) is 12.1 Å². The van der Waals surface area contributed by atoms with E-state index in [4.69, 9.17) is 0 Å². The minimum Gasteiger partial charge on any atom is -0.307 e. The van der Waals surface area contributed by atoms with Gasteiger partial charge in [0.1, 0.15) is 9.84 Å². The molecule has 1 aliphatic rings. The van der Waals surface area contributed by atoms with Crippen molar-refractivity contribution in [3.63, 3.8) is 0 Å². The maximum absolute atomic E-state index is 11.4. The maximum Gasteiger partial charge on any atom is 0.150 e. The van der Waals surface area contributed by atoms with E-state index in [1.165, 1.54) is 11.1 Å². The van der Waals surface area contributed by atoms with Crippen LogP contribution in [0.5, 0.6) is 0 Å². The molecule has 4 heteroatoms. The molecule has 1 aliphatic heterocycles. The third kappa shape index (κ3) is 3.33. The van der Waals surface area contributed by atoms with Gasteiger partial charge in [-0.1, -0.05) is 24.3 Å². The van der Waals surface area contributed by atoms with Gasteiger partial charge in [0.2, 0.25) is 0 Å². The summed E-state index contributed by atoms with van der Waals surface area (Å²) >= 11 is 0. The van der Waals surface area contributed by atoms with E-state index >= 15 is 0 Å². The second-order valence-corrected chi connectivity index (χ2v) is 7.47. The molecule has 1 N–H and O–H groups in total. The summed E-state index contributed by atoms with van der Waals surface area (Å²) in [6.07, 6.45) is 1.47. The van der Waals surface area contributed by atoms with Crippen molar-refractivity contribution < 1.29 is 8.42 Å². The summed E-state index contributed by atoms with van der Waals surface area (Å²) in [5, 5.41) is 3.55. The van der Waals surface area contributed by atoms with Gasteiger partial charge in [-0.2, -0.15) is 0 Å². The number of benzene rings is 1. The molecule has 1 fully saturated rings. The molecule has 3 nitrogen and oxygen atoms in total. The van der Waals surface area contributed by atoms with E-state index in [0.29, 0.717) is 17.5 Å². The first-order valence-corrected chi connectivity index (χ1v) is 8.32. The Morgan fingerprint density at radius 2 is 1.83 bits per heavy atom. The predicted molar refractivity (Wildman–Crippen MR) is 74.4 cm³/mol. The van der Waals surface area contributed by atoms with E-state index in [-0.39, 0.29) is 6.04 Å². The van der Waals surface area contributed by atoms with Gasteiger partial charge < -0.3 is 5.32 Å². The van der Waals surface area contributed by atoms with Gasteiger partial charge in [-0.25, -0.2) is 8.42 Å². The fourth-order valence-corrected chi connectivity index (χ4v) is 4.06. The fourth-order valence-electron chi connectivity index (χ4n) is 2.57. The first-order valence-electron chi connectivity index (χ1n) is 6.50. The first kappa shape index (κ1) is 13.6. The zero-order valence-corrected chi connectivity index (χ0v) is 11.8. The summed E-state index contributed by atoms with van der Waals surface area (Å²) in [6, 6.07) is 8.93. The third-order valence-electron chi connectivity index (χ3n) is 3.70. The van der Waals surface area contributed by atoms with Crippen molar-refractivity contribution in [2.24, 2.45) is 0 Å². The molecular formula is C14H21NO2S. The van der Waals surface area contributed by atoms with Crippen molar-refractivity contribution >= 4 is 9.84 Å². The molecule has 1 aromatic rings. The van der Waals surface area contributed by atoms with Crippen LogP contribution in [0.2, 0.25) is 0 Å². The highest BCUT2D eigenvalue weighted by Gasteiger charge is 2.24. The maximum atomic E-state index is 11.4. The Morgan fingerprint density at radius 1 is 1.22 bits per heavy atom. The summed E-state index contributed by atoms with van der Waals surface area (Å²) < 4.78 is 22.8. The van der Waals surface area contributed by atoms with E-state index in [2.05, 4.69) is 31.3 Å². The standard InChI is InChI=1S/C14H21NO2S/c1-11-5-3-4-6-14(11)12(2)15-13-7-9-18(16,17)10-8-13/h3-6,12-13,15H,7-10H2,1-2H3/t12-/m1/s1. The number of hydrogen-bond donors (Lipinski definition) is 1. The van der Waals surface area contributed by atoms with Crippen LogP contribution in [-0.4, -0.2) is 26.0 Å². The lowest BCUT2D eigenvalue weighted by molar-refractivity contribution is 0.419. The van der Waals surface area contributed by atoms with Gasteiger partial charge in [0.15, 0.2) is 0 Å². The van der Waals surface area contributed by atoms with E-state index in [1.807, 2.05) is 12.1 Å². The minimum atomic E-state index is -2.76. The molecular weight excluding hydrogens is 246 g/mol. The molecule has 0 aliphatic carbocycles. The Balaban J connectivity index is 1.97. The normalized spacial score (nSPS) is 21.7. The number of nitrogens with one attached hydrogen (secondary N) is 1. The largest absolute Gasteiger partial charge is 0.307 e. The summed E-state index contributed by atoms with van der Waals surface area (Å²) in [4.78, 5) is 0. The van der Waals surface area contributed by atoms with Crippen LogP contribution >= 0.6 is 0 Å². The van der Waals surface area contributed by atoms with Crippen LogP contribution in [0.4, 0.5) is 0 Å². The molecule has 2 rings (SSSR count). The predicted octanol–water partition coefficient (Wildman–Crippen LogP) is 2.22. The van der Waals surface area contributed by atoms with Gasteiger partial charge in [-0.05, 0) is 37.8 Å². The molecule has 1 saturated heterocycles. The number of hydrogen-bond acceptors (Lipinski definition) is 3. The topological polar surface area (TPSA) is 46.2 Å². The molecule has 1 heterocycles. The van der Waals surface area contributed by atoms with Crippen molar-refractivity contribution in [1.29, 1.82) is 0 Å². The van der Waals surface area contributed by atoms with E-state index in [1.54, 1.807) is 0 Å². The summed E-state index contributed by atoms with van der Waals surface area (Å²) in [7, 11) is -2.76. The molecule has 0 saturated carbocycles. The molecule has 0 aromatic heterocycles. The van der Waals surface area contributed by atoms with E-state index in [0.717, 1.165) is 12.8 Å². The summed E-state index contributed by atoms with van der Waals surface area (Å²) in [5.74, 6) is 0.649. The lowest BCUT2D eigenvalue weighted by Crippen LogP contribution is -2.38. The minimum absolute atomic E-state index is 0.275. The Hall–Kier alpha value is -0.870. The van der Waals surface area contributed by atoms with Gasteiger partial charge >= 0.3 is 0 Å². The van der Waals surface area contributed by atoms with Crippen LogP contribution in [0.25, 0.3) is 0 Å². The summed E-state index contributed by atoms with van der Waals surface area (Å²) in [5.41, 5.74) is 2.58. The summed E-state index contributed by atoms with van der Waals surface area (Å²) in [6.45, 7) is 4.25. The van der Waals surface area contributed by atoms with Gasteiger partial charge in [0.05, 0.1) is 11.5 Å². The van der Waals surface area contributed by atoms with Crippen LogP contribution in [0.1, 0.15) is 36.9 Å². The Morgan fingerprint density at radius 3 is 2.44 bits per heavy atom. The Kier molecular flexibility index (Phi) is 4.07. The third-order valence-corrected chi connectivity index (χ3v) is 5.41. The van der Waals surface area contributed by atoms with Crippen LogP contribution < -0.4 is 5.32 Å². The van der Waals surface area contributed by atoms with Crippen LogP contribution in [-0.2, 0) is 9.84 Å². The molecule has 0 unspecified atom stereocenters. The molecule has 100 valence electrons. The van der Waals surface area contributed by atoms with Crippen molar-refractivity contribution in [3.05, 3.63) is 35.4 Å². The lowest BCUT2D eigenvalue weighted by atomic mass is 10.0. The highest BCUT2D eigenvalue weighted by Crippen LogP contribution is 2.20. The zero-order valence-electron chi connectivity index (χ0n) is 11.0. The quantitative estimate of drug-likeness (QED) is 0.913. The molecule has 1 atom stereocenters. The smallest absolute Gasteiger partial charge is 0.150 e. The van der Waals surface area contributed by atoms with Gasteiger partial charge in [-0.15, -0.1) is 0 Å². The Bertz CT molecular complexity index is 496. The molecule has 18 heavy (non-hydrogen) atoms. The van der Waals surface area contributed by atoms with Crippen molar-refractivity contribution in [1.82, 2.24) is 5.32 Å². The first-order chi connectivity index (χ1) is 8.48. The highest BCUT2D eigenvalue weighted by atomic mass is 32.2. The van der Waals surface area contributed by atoms with Gasteiger partial charge in [-0.3, -0.25) is 0 Å². The molecule has 0 spiro atoms. The highest BCUT2D eigenvalue weighted by molar-refractivity contribution is 7.91. The van der Waals surface area contributed by atoms with Crippen LogP contribution in [0.15, 0.2) is 24.3 Å². The van der Waals surface area contributed by atoms with Gasteiger partial charge in [0.25, 0.3) is 0 Å². The van der Waals surface area contributed by atoms with Crippen molar-refractivity contribution in [2.45, 2.75) is 38.8 Å². The van der Waals surface area contributed by atoms with E-state index in [9.17, 15) is 8.42 Å². The average Bonchev–Trinajstić information content (AvgIpc) is 2.32. The monoisotopic (exact) mass is 267 g/mol. The molecule has 1 aromatic carbocycles. The zero-order chi connectivity index (χ0) is 13.2. The second-order valence-electron chi connectivity index (χ2n) is 5.17. The van der Waals surface area contributed by atoms with Crippen molar-refractivity contribution in [2.75, 3.05) is 11.5 Å². The molecule has 0 bridgehead atoms. The Labute approximate surface area is 110 Å². The lowest BCUT2D eigenvalue weighted by Gasteiger charge is -2.27. The number of aryl methyl sites for hydroxylation is 1. The molecule has 0 amide bonds. The van der Waals surface area contributed by atoms with Crippen LogP contribution in [0.3, 0.4) is 0 Å². The van der Waals surface area contributed by atoms with E-state index < -0.39 is 9.84 Å². The number of rotatable bonds is 3. The van der Waals surface area contributed by atoms with Crippen LogP contribution in [0, 0.1) is 6.92 Å².